The predicted octanol–water partition coefficient (Wildman–Crippen LogP) is 2.20. The minimum atomic E-state index is -4.02. The highest BCUT2D eigenvalue weighted by molar-refractivity contribution is 7.89. The van der Waals surface area contributed by atoms with Gasteiger partial charge in [-0.05, 0) is 38.8 Å². The molecular formula is C16H22N2O4S. The maximum atomic E-state index is 12.5. The van der Waals surface area contributed by atoms with Crippen LogP contribution in [0.1, 0.15) is 40.2 Å². The highest BCUT2D eigenvalue weighted by Gasteiger charge is 2.32. The van der Waals surface area contributed by atoms with Gasteiger partial charge in [0.15, 0.2) is 0 Å². The van der Waals surface area contributed by atoms with E-state index in [1.165, 1.54) is 18.2 Å². The number of sulfonamides is 1. The van der Waals surface area contributed by atoms with Gasteiger partial charge in [0.25, 0.3) is 0 Å². The topological polar surface area (TPSA) is 96.3 Å². The van der Waals surface area contributed by atoms with Crippen molar-refractivity contribution < 1.29 is 17.9 Å². The summed E-state index contributed by atoms with van der Waals surface area (Å²) in [6.07, 6.45) is 0. The third kappa shape index (κ3) is 5.34. The van der Waals surface area contributed by atoms with Crippen molar-refractivity contribution in [2.45, 2.75) is 51.2 Å². The highest BCUT2D eigenvalue weighted by Crippen LogP contribution is 2.18. The Labute approximate surface area is 137 Å². The van der Waals surface area contributed by atoms with Crippen molar-refractivity contribution in [2.75, 3.05) is 0 Å². The molecule has 0 heterocycles. The number of ether oxygens (including phenoxy) is 1. The van der Waals surface area contributed by atoms with Crippen LogP contribution in [0.15, 0.2) is 29.2 Å². The van der Waals surface area contributed by atoms with Gasteiger partial charge < -0.3 is 4.74 Å². The molecule has 1 rings (SSSR count). The Bertz CT molecular complexity index is 712. The molecule has 23 heavy (non-hydrogen) atoms. The molecule has 1 aromatic carbocycles. The molecule has 0 amide bonds. The fraction of sp³-hybridized carbons (Fsp3) is 0.500. The van der Waals surface area contributed by atoms with E-state index in [0.717, 1.165) is 0 Å². The smallest absolute Gasteiger partial charge is 0.324 e. The third-order valence-corrected chi connectivity index (χ3v) is 4.41. The molecule has 0 aliphatic carbocycles. The van der Waals surface area contributed by atoms with Crippen molar-refractivity contribution in [3.63, 3.8) is 0 Å². The largest absolute Gasteiger partial charge is 0.459 e. The van der Waals surface area contributed by atoms with Crippen molar-refractivity contribution in [2.24, 2.45) is 5.92 Å². The Morgan fingerprint density at radius 3 is 2.30 bits per heavy atom. The van der Waals surface area contributed by atoms with E-state index in [0.29, 0.717) is 0 Å². The lowest BCUT2D eigenvalue weighted by molar-refractivity contribution is -0.158. The first-order chi connectivity index (χ1) is 10.5. The Kier molecular flexibility index (Phi) is 5.92. The van der Waals surface area contributed by atoms with Crippen molar-refractivity contribution in [3.05, 3.63) is 29.8 Å². The van der Waals surface area contributed by atoms with E-state index < -0.39 is 27.6 Å². The van der Waals surface area contributed by atoms with Crippen molar-refractivity contribution in [1.29, 1.82) is 5.26 Å². The molecule has 6 nitrogen and oxygen atoms in total. The summed E-state index contributed by atoms with van der Waals surface area (Å²) in [5.74, 6) is -0.959. The van der Waals surface area contributed by atoms with Crippen LogP contribution < -0.4 is 4.72 Å². The van der Waals surface area contributed by atoms with Gasteiger partial charge in [-0.25, -0.2) is 8.42 Å². The summed E-state index contributed by atoms with van der Waals surface area (Å²) in [5, 5.41) is 9.05. The number of nitrogens with one attached hydrogen (secondary N) is 1. The summed E-state index contributed by atoms with van der Waals surface area (Å²) < 4.78 is 32.7. The molecule has 1 aromatic rings. The lowest BCUT2D eigenvalue weighted by Crippen LogP contribution is -2.47. The number of esters is 1. The number of benzene rings is 1. The lowest BCUT2D eigenvalue weighted by atomic mass is 10.1. The SMILES string of the molecule is CC(C)[C@H](NS(=O)(=O)c1ccccc1C#N)C(=O)OC(C)(C)C. The van der Waals surface area contributed by atoms with Crippen LogP contribution in [0.2, 0.25) is 0 Å². The minimum absolute atomic E-state index is 0.0201. The Hall–Kier alpha value is -1.91. The number of nitriles is 1. The van der Waals surface area contributed by atoms with Gasteiger partial charge in [0, 0.05) is 0 Å². The molecule has 7 heteroatoms. The second-order valence-corrected chi connectivity index (χ2v) is 8.17. The van der Waals surface area contributed by atoms with Crippen LogP contribution in [0.4, 0.5) is 0 Å². The van der Waals surface area contributed by atoms with Crippen LogP contribution in [0.3, 0.4) is 0 Å². The maximum Gasteiger partial charge on any atom is 0.324 e. The summed E-state index contributed by atoms with van der Waals surface area (Å²) in [5.41, 5.74) is -0.702. The summed E-state index contributed by atoms with van der Waals surface area (Å²) in [6.45, 7) is 8.56. The molecule has 1 atom stereocenters. The molecule has 0 aliphatic rings. The molecule has 1 N–H and O–H groups in total. The molecule has 126 valence electrons. The van der Waals surface area contributed by atoms with E-state index in [-0.39, 0.29) is 16.4 Å². The lowest BCUT2D eigenvalue weighted by Gasteiger charge is -2.26. The molecule has 0 fully saturated rings. The minimum Gasteiger partial charge on any atom is -0.459 e. The summed E-state index contributed by atoms with van der Waals surface area (Å²) >= 11 is 0. The van der Waals surface area contributed by atoms with Crippen LogP contribution in [0.5, 0.6) is 0 Å². The predicted molar refractivity (Wildman–Crippen MR) is 85.9 cm³/mol. The fourth-order valence-corrected chi connectivity index (χ4v) is 3.34. The van der Waals surface area contributed by atoms with Gasteiger partial charge >= 0.3 is 5.97 Å². The molecule has 0 aromatic heterocycles. The normalized spacial score (nSPS) is 13.4. The van der Waals surface area contributed by atoms with Crippen LogP contribution in [-0.4, -0.2) is 26.0 Å². The zero-order chi connectivity index (χ0) is 17.8. The van der Waals surface area contributed by atoms with Gasteiger partial charge in [-0.1, -0.05) is 26.0 Å². The van der Waals surface area contributed by atoms with Crippen molar-refractivity contribution in [3.8, 4) is 6.07 Å². The monoisotopic (exact) mass is 338 g/mol. The highest BCUT2D eigenvalue weighted by atomic mass is 32.2. The molecule has 0 unspecified atom stereocenters. The van der Waals surface area contributed by atoms with Gasteiger partial charge in [-0.3, -0.25) is 4.79 Å². The Morgan fingerprint density at radius 2 is 1.83 bits per heavy atom. The molecule has 0 saturated heterocycles. The molecule has 0 radical (unpaired) electrons. The van der Waals surface area contributed by atoms with Crippen LogP contribution in [0.25, 0.3) is 0 Å². The van der Waals surface area contributed by atoms with Crippen LogP contribution in [-0.2, 0) is 19.6 Å². The molecule has 0 bridgehead atoms. The molecule has 0 aliphatic heterocycles. The van der Waals surface area contributed by atoms with E-state index >= 15 is 0 Å². The average molecular weight is 338 g/mol. The number of nitrogens with zero attached hydrogens (tertiary/aromatic N) is 1. The average Bonchev–Trinajstić information content (AvgIpc) is 2.42. The summed E-state index contributed by atoms with van der Waals surface area (Å²) in [6, 6.07) is 6.63. The van der Waals surface area contributed by atoms with Gasteiger partial charge in [0.2, 0.25) is 10.0 Å². The first-order valence-electron chi connectivity index (χ1n) is 7.22. The van der Waals surface area contributed by atoms with E-state index in [9.17, 15) is 13.2 Å². The second kappa shape index (κ2) is 7.11. The maximum absolute atomic E-state index is 12.5. The Morgan fingerprint density at radius 1 is 1.26 bits per heavy atom. The number of rotatable bonds is 5. The van der Waals surface area contributed by atoms with Gasteiger partial charge in [0.1, 0.15) is 17.7 Å². The first-order valence-corrected chi connectivity index (χ1v) is 8.70. The zero-order valence-electron chi connectivity index (χ0n) is 14.0. The van der Waals surface area contributed by atoms with E-state index in [4.69, 9.17) is 10.00 Å². The fourth-order valence-electron chi connectivity index (χ4n) is 1.85. The van der Waals surface area contributed by atoms with E-state index in [1.807, 2.05) is 6.07 Å². The third-order valence-electron chi connectivity index (χ3n) is 2.91. The zero-order valence-corrected chi connectivity index (χ0v) is 14.8. The standard InChI is InChI=1S/C16H22N2O4S/c1-11(2)14(15(19)22-16(3,4)5)18-23(20,21)13-9-7-6-8-12(13)10-17/h6-9,11,14,18H,1-5H3/t14-/m0/s1. The quantitative estimate of drug-likeness (QED) is 0.830. The number of hydrogen-bond acceptors (Lipinski definition) is 5. The summed E-state index contributed by atoms with van der Waals surface area (Å²) in [7, 11) is -4.02. The van der Waals surface area contributed by atoms with E-state index in [1.54, 1.807) is 40.7 Å². The molecule has 0 saturated carbocycles. The second-order valence-electron chi connectivity index (χ2n) is 6.48. The first kappa shape index (κ1) is 19.1. The number of hydrogen-bond donors (Lipinski definition) is 1. The van der Waals surface area contributed by atoms with Gasteiger partial charge in [0.05, 0.1) is 10.5 Å². The van der Waals surface area contributed by atoms with Crippen LogP contribution >= 0.6 is 0 Å². The molecular weight excluding hydrogens is 316 g/mol. The van der Waals surface area contributed by atoms with Gasteiger partial charge in [-0.15, -0.1) is 0 Å². The van der Waals surface area contributed by atoms with Gasteiger partial charge in [-0.2, -0.15) is 9.98 Å². The van der Waals surface area contributed by atoms with Crippen molar-refractivity contribution >= 4 is 16.0 Å². The number of carbonyl (C=O) groups is 1. The summed E-state index contributed by atoms with van der Waals surface area (Å²) in [4.78, 5) is 12.1. The van der Waals surface area contributed by atoms with E-state index in [2.05, 4.69) is 4.72 Å². The van der Waals surface area contributed by atoms with Crippen molar-refractivity contribution in [1.82, 2.24) is 4.72 Å². The number of carbonyl (C=O) groups excluding carboxylic acids is 1. The Balaban J connectivity index is 3.14. The molecule has 0 spiro atoms. The van der Waals surface area contributed by atoms with Crippen LogP contribution in [0, 0.1) is 17.2 Å².